The summed E-state index contributed by atoms with van der Waals surface area (Å²) in [6.07, 6.45) is 8.93. The summed E-state index contributed by atoms with van der Waals surface area (Å²) in [4.78, 5) is 9.06. The number of nitrogens with two attached hydrogens (primary N) is 1. The minimum absolute atomic E-state index is 0.486. The maximum absolute atomic E-state index is 6.20. The Balaban J connectivity index is 2.15. The fourth-order valence-corrected chi connectivity index (χ4v) is 2.63. The van der Waals surface area contributed by atoms with Gasteiger partial charge >= 0.3 is 0 Å². The molecular weight excluding hydrogens is 264 g/mol. The average molecular weight is 292 g/mol. The Labute approximate surface area is 127 Å². The summed E-state index contributed by atoms with van der Waals surface area (Å²) in [7, 11) is 0. The lowest BCUT2D eigenvalue weighted by atomic mass is 10.2. The highest BCUT2D eigenvalue weighted by Crippen LogP contribution is 2.30. The molecule has 0 amide bonds. The molecule has 1 aromatic heterocycles. The third kappa shape index (κ3) is 4.48. The second kappa shape index (κ2) is 8.05. The van der Waals surface area contributed by atoms with E-state index in [0.717, 1.165) is 37.3 Å². The zero-order chi connectivity index (χ0) is 15.1. The Kier molecular flexibility index (Phi) is 6.08. The van der Waals surface area contributed by atoms with Crippen molar-refractivity contribution in [1.29, 1.82) is 0 Å². The summed E-state index contributed by atoms with van der Waals surface area (Å²) in [6.45, 7) is 4.93. The van der Waals surface area contributed by atoms with E-state index in [2.05, 4.69) is 29.1 Å². The lowest BCUT2D eigenvalue weighted by molar-refractivity contribution is 0.298. The molecule has 0 spiro atoms. The highest BCUT2D eigenvalue weighted by molar-refractivity contribution is 5.67. The van der Waals surface area contributed by atoms with Crippen molar-refractivity contribution in [2.45, 2.75) is 71.3 Å². The van der Waals surface area contributed by atoms with Crippen molar-refractivity contribution >= 4 is 11.5 Å². The molecule has 0 unspecified atom stereocenters. The number of ether oxygens (including phenoxy) is 1. The van der Waals surface area contributed by atoms with E-state index in [1.54, 1.807) is 0 Å². The van der Waals surface area contributed by atoms with Crippen molar-refractivity contribution in [3.8, 4) is 5.88 Å². The number of nitrogens with zero attached hydrogens (tertiary/aromatic N) is 2. The third-order valence-electron chi connectivity index (χ3n) is 3.86. The number of unbranched alkanes of at least 4 members (excludes halogenated alkanes) is 1. The van der Waals surface area contributed by atoms with Crippen LogP contribution in [0.25, 0.3) is 0 Å². The van der Waals surface area contributed by atoms with Crippen LogP contribution in [0, 0.1) is 0 Å². The van der Waals surface area contributed by atoms with Gasteiger partial charge in [0.25, 0.3) is 0 Å². The fraction of sp³-hybridized carbons (Fsp3) is 0.750. The molecule has 0 aliphatic heterocycles. The molecular formula is C16H28N4O. The number of aryl methyl sites for hydroxylation is 1. The molecule has 3 N–H and O–H groups in total. The monoisotopic (exact) mass is 292 g/mol. The summed E-state index contributed by atoms with van der Waals surface area (Å²) >= 11 is 0. The van der Waals surface area contributed by atoms with Crippen molar-refractivity contribution in [1.82, 2.24) is 9.97 Å². The number of hydrogen-bond donors (Lipinski definition) is 2. The molecule has 1 aliphatic rings. The fourth-order valence-electron chi connectivity index (χ4n) is 2.63. The van der Waals surface area contributed by atoms with Crippen LogP contribution in [0.5, 0.6) is 5.88 Å². The molecule has 1 heterocycles. The van der Waals surface area contributed by atoms with Gasteiger partial charge in [0.2, 0.25) is 5.88 Å². The van der Waals surface area contributed by atoms with Crippen LogP contribution < -0.4 is 15.8 Å². The maximum Gasteiger partial charge on any atom is 0.242 e. The van der Waals surface area contributed by atoms with Crippen LogP contribution in [-0.4, -0.2) is 22.6 Å². The van der Waals surface area contributed by atoms with Gasteiger partial charge in [0.05, 0.1) is 6.61 Å². The number of hydrogen-bond acceptors (Lipinski definition) is 5. The normalized spacial score (nSPS) is 15.3. The van der Waals surface area contributed by atoms with Crippen LogP contribution in [0.1, 0.15) is 64.6 Å². The molecule has 0 aromatic carbocycles. The van der Waals surface area contributed by atoms with Gasteiger partial charge in [-0.25, -0.2) is 4.98 Å². The lowest BCUT2D eigenvalue weighted by Crippen LogP contribution is -2.18. The van der Waals surface area contributed by atoms with E-state index in [1.807, 2.05) is 0 Å². The molecule has 2 rings (SSSR count). The number of nitrogen functional groups attached to an aromatic ring is 1. The molecule has 1 aromatic rings. The molecule has 118 valence electrons. The first-order valence-electron chi connectivity index (χ1n) is 8.30. The smallest absolute Gasteiger partial charge is 0.242 e. The van der Waals surface area contributed by atoms with E-state index in [-0.39, 0.29) is 0 Å². The van der Waals surface area contributed by atoms with E-state index >= 15 is 0 Å². The second-order valence-corrected chi connectivity index (χ2v) is 5.79. The molecule has 5 nitrogen and oxygen atoms in total. The van der Waals surface area contributed by atoms with E-state index in [0.29, 0.717) is 24.2 Å². The first-order valence-corrected chi connectivity index (χ1v) is 8.30. The molecule has 0 atom stereocenters. The molecule has 1 saturated carbocycles. The van der Waals surface area contributed by atoms with E-state index in [9.17, 15) is 0 Å². The third-order valence-corrected chi connectivity index (χ3v) is 3.86. The van der Waals surface area contributed by atoms with E-state index in [1.165, 1.54) is 25.7 Å². The quantitative estimate of drug-likeness (QED) is 0.717. The second-order valence-electron chi connectivity index (χ2n) is 5.79. The lowest BCUT2D eigenvalue weighted by Gasteiger charge is -2.17. The van der Waals surface area contributed by atoms with Gasteiger partial charge in [0.1, 0.15) is 11.5 Å². The SMILES string of the molecule is CCCCOc1nc(CCC)nc(NC2CCCC2)c1N. The molecule has 0 radical (unpaired) electrons. The Hall–Kier alpha value is -1.52. The summed E-state index contributed by atoms with van der Waals surface area (Å²) in [6, 6.07) is 0.486. The maximum atomic E-state index is 6.20. The van der Waals surface area contributed by atoms with Crippen molar-refractivity contribution in [2.75, 3.05) is 17.7 Å². The predicted molar refractivity (Wildman–Crippen MR) is 86.7 cm³/mol. The Bertz CT molecular complexity index is 444. The molecule has 0 saturated heterocycles. The van der Waals surface area contributed by atoms with Crippen LogP contribution in [0.3, 0.4) is 0 Å². The van der Waals surface area contributed by atoms with Gasteiger partial charge in [-0.2, -0.15) is 4.98 Å². The summed E-state index contributed by atoms with van der Waals surface area (Å²) in [5, 5.41) is 3.48. The Morgan fingerprint density at radius 1 is 1.19 bits per heavy atom. The van der Waals surface area contributed by atoms with Gasteiger partial charge in [0, 0.05) is 12.5 Å². The number of nitrogens with one attached hydrogen (secondary N) is 1. The van der Waals surface area contributed by atoms with Crippen molar-refractivity contribution < 1.29 is 4.74 Å². The topological polar surface area (TPSA) is 73.1 Å². The zero-order valence-corrected chi connectivity index (χ0v) is 13.3. The molecule has 21 heavy (non-hydrogen) atoms. The Morgan fingerprint density at radius 3 is 2.62 bits per heavy atom. The van der Waals surface area contributed by atoms with Gasteiger partial charge in [-0.3, -0.25) is 0 Å². The van der Waals surface area contributed by atoms with Crippen LogP contribution in [0.4, 0.5) is 11.5 Å². The van der Waals surface area contributed by atoms with Crippen molar-refractivity contribution in [3.63, 3.8) is 0 Å². The van der Waals surface area contributed by atoms with Crippen LogP contribution in [0.15, 0.2) is 0 Å². The minimum Gasteiger partial charge on any atom is -0.476 e. The van der Waals surface area contributed by atoms with Crippen LogP contribution in [-0.2, 0) is 6.42 Å². The van der Waals surface area contributed by atoms with Gasteiger partial charge < -0.3 is 15.8 Å². The highest BCUT2D eigenvalue weighted by atomic mass is 16.5. The van der Waals surface area contributed by atoms with Gasteiger partial charge in [-0.1, -0.05) is 33.1 Å². The Morgan fingerprint density at radius 2 is 1.95 bits per heavy atom. The zero-order valence-electron chi connectivity index (χ0n) is 13.3. The molecule has 5 heteroatoms. The van der Waals surface area contributed by atoms with Gasteiger partial charge in [0.15, 0.2) is 5.82 Å². The van der Waals surface area contributed by atoms with Crippen molar-refractivity contribution in [3.05, 3.63) is 5.82 Å². The van der Waals surface area contributed by atoms with Gasteiger partial charge in [-0.05, 0) is 25.7 Å². The summed E-state index contributed by atoms with van der Waals surface area (Å²) in [5.74, 6) is 2.12. The standard InChI is InChI=1S/C16H28N4O/c1-3-5-11-21-16-14(17)15(18-12-9-6-7-10-12)19-13(20-16)8-4-2/h12H,3-11,17H2,1-2H3,(H,18,19,20). The summed E-state index contributed by atoms with van der Waals surface area (Å²) in [5.41, 5.74) is 6.75. The first kappa shape index (κ1) is 15.9. The number of anilines is 2. The van der Waals surface area contributed by atoms with Crippen LogP contribution in [0.2, 0.25) is 0 Å². The molecule has 1 fully saturated rings. The van der Waals surface area contributed by atoms with E-state index < -0.39 is 0 Å². The average Bonchev–Trinajstić information content (AvgIpc) is 2.97. The van der Waals surface area contributed by atoms with Gasteiger partial charge in [-0.15, -0.1) is 0 Å². The largest absolute Gasteiger partial charge is 0.476 e. The summed E-state index contributed by atoms with van der Waals surface area (Å²) < 4.78 is 5.75. The molecule has 0 bridgehead atoms. The minimum atomic E-state index is 0.486. The molecule has 1 aliphatic carbocycles. The first-order chi connectivity index (χ1) is 10.2. The number of rotatable bonds is 8. The van der Waals surface area contributed by atoms with Crippen molar-refractivity contribution in [2.24, 2.45) is 0 Å². The predicted octanol–water partition coefficient (Wildman–Crippen LogP) is 3.54. The number of aromatic nitrogens is 2. The highest BCUT2D eigenvalue weighted by Gasteiger charge is 2.19. The van der Waals surface area contributed by atoms with Crippen LogP contribution >= 0.6 is 0 Å². The van der Waals surface area contributed by atoms with E-state index in [4.69, 9.17) is 10.5 Å².